The van der Waals surface area contributed by atoms with E-state index in [1.54, 1.807) is 0 Å². The number of furan rings is 1. The molecule has 132 valence electrons. The van der Waals surface area contributed by atoms with Crippen molar-refractivity contribution in [3.63, 3.8) is 0 Å². The van der Waals surface area contributed by atoms with Gasteiger partial charge >= 0.3 is 5.97 Å². The highest BCUT2D eigenvalue weighted by atomic mass is 16.6. The van der Waals surface area contributed by atoms with Crippen LogP contribution in [0.5, 0.6) is 0 Å². The summed E-state index contributed by atoms with van der Waals surface area (Å²) < 4.78 is 11.5. The fourth-order valence-electron chi connectivity index (χ4n) is 4.31. The van der Waals surface area contributed by atoms with Crippen LogP contribution in [0.4, 0.5) is 0 Å². The molecule has 1 spiro atoms. The smallest absolute Gasteiger partial charge is 0.307 e. The molecule has 1 saturated carbocycles. The molecule has 1 saturated heterocycles. The Bertz CT molecular complexity index is 816. The van der Waals surface area contributed by atoms with Crippen molar-refractivity contribution in [2.75, 3.05) is 0 Å². The minimum atomic E-state index is -0.581. The van der Waals surface area contributed by atoms with Crippen molar-refractivity contribution in [3.05, 3.63) is 35.6 Å². The van der Waals surface area contributed by atoms with Crippen LogP contribution in [-0.4, -0.2) is 17.5 Å². The van der Waals surface area contributed by atoms with Gasteiger partial charge in [0.1, 0.15) is 16.9 Å². The maximum atomic E-state index is 12.8. The highest BCUT2D eigenvalue weighted by Gasteiger charge is 2.52. The zero-order valence-electron chi connectivity index (χ0n) is 14.5. The van der Waals surface area contributed by atoms with E-state index in [1.807, 2.05) is 31.2 Å². The van der Waals surface area contributed by atoms with Gasteiger partial charge < -0.3 is 14.5 Å². The van der Waals surface area contributed by atoms with E-state index < -0.39 is 5.60 Å². The number of aryl methyl sites for hydroxylation is 1. The highest BCUT2D eigenvalue weighted by Crippen LogP contribution is 2.44. The molecule has 2 aliphatic rings. The summed E-state index contributed by atoms with van der Waals surface area (Å²) in [5, 5.41) is 4.03. The molecule has 1 unspecified atom stereocenters. The average Bonchev–Trinajstić information content (AvgIpc) is 3.11. The van der Waals surface area contributed by atoms with Crippen LogP contribution in [0.25, 0.3) is 11.0 Å². The maximum Gasteiger partial charge on any atom is 0.307 e. The van der Waals surface area contributed by atoms with Crippen LogP contribution in [0, 0.1) is 12.8 Å². The predicted octanol–water partition coefficient (Wildman–Crippen LogP) is 3.62. The molecule has 4 rings (SSSR count). The molecular formula is C20H23NO4. The third-order valence-corrected chi connectivity index (χ3v) is 5.71. The van der Waals surface area contributed by atoms with Gasteiger partial charge in [-0.2, -0.15) is 0 Å². The average molecular weight is 341 g/mol. The summed E-state index contributed by atoms with van der Waals surface area (Å²) in [6.45, 7) is 2.33. The topological polar surface area (TPSA) is 68.5 Å². The van der Waals surface area contributed by atoms with Gasteiger partial charge in [-0.1, -0.05) is 24.6 Å². The lowest BCUT2D eigenvalue weighted by Gasteiger charge is -2.35. The Morgan fingerprint density at radius 1 is 1.24 bits per heavy atom. The number of hydrogen-bond acceptors (Lipinski definition) is 4. The Kier molecular flexibility index (Phi) is 4.02. The summed E-state index contributed by atoms with van der Waals surface area (Å²) in [5.74, 6) is 0.0250. The van der Waals surface area contributed by atoms with Gasteiger partial charge in [-0.25, -0.2) is 0 Å². The molecule has 5 nitrogen and oxygen atoms in total. The van der Waals surface area contributed by atoms with E-state index in [4.69, 9.17) is 9.15 Å². The molecule has 2 heterocycles. The Labute approximate surface area is 146 Å². The third kappa shape index (κ3) is 2.81. The van der Waals surface area contributed by atoms with E-state index >= 15 is 0 Å². The van der Waals surface area contributed by atoms with Crippen molar-refractivity contribution in [1.29, 1.82) is 0 Å². The molecule has 5 heteroatoms. The maximum absolute atomic E-state index is 12.8. The van der Waals surface area contributed by atoms with Crippen LogP contribution >= 0.6 is 0 Å². The lowest BCUT2D eigenvalue weighted by Crippen LogP contribution is -2.45. The fourth-order valence-corrected chi connectivity index (χ4v) is 4.31. The molecule has 1 amide bonds. The molecular weight excluding hydrogens is 318 g/mol. The van der Waals surface area contributed by atoms with Crippen molar-refractivity contribution in [3.8, 4) is 0 Å². The standard InChI is InChI=1S/C20H23NO4/c1-13-14-7-3-4-8-16(14)24-17(13)12-21-19(23)15-11-18(22)25-20(15)9-5-2-6-10-20/h3-4,7-8,15H,2,5-6,9-12H2,1H3,(H,21,23). The number of nitrogens with one attached hydrogen (secondary N) is 1. The Morgan fingerprint density at radius 3 is 2.76 bits per heavy atom. The molecule has 1 aliphatic carbocycles. The first-order chi connectivity index (χ1) is 12.1. The lowest BCUT2D eigenvalue weighted by atomic mass is 9.75. The van der Waals surface area contributed by atoms with Gasteiger partial charge in [0.2, 0.25) is 5.91 Å². The van der Waals surface area contributed by atoms with Crippen LogP contribution in [0.15, 0.2) is 28.7 Å². The first-order valence-corrected chi connectivity index (χ1v) is 9.06. The number of hydrogen-bond donors (Lipinski definition) is 1. The number of rotatable bonds is 3. The molecule has 25 heavy (non-hydrogen) atoms. The molecule has 1 aromatic heterocycles. The molecule has 2 aromatic rings. The number of amides is 1. The molecule has 1 atom stereocenters. The summed E-state index contributed by atoms with van der Waals surface area (Å²) in [6.07, 6.45) is 4.94. The second-order valence-electron chi connectivity index (χ2n) is 7.22. The van der Waals surface area contributed by atoms with Crippen molar-refractivity contribution in [2.24, 2.45) is 5.92 Å². The van der Waals surface area contributed by atoms with E-state index in [0.717, 1.165) is 54.4 Å². The second kappa shape index (κ2) is 6.21. The third-order valence-electron chi connectivity index (χ3n) is 5.71. The van der Waals surface area contributed by atoms with Crippen molar-refractivity contribution in [2.45, 2.75) is 57.6 Å². The molecule has 0 radical (unpaired) electrons. The SMILES string of the molecule is Cc1c(CNC(=O)C2CC(=O)OC23CCCCC3)oc2ccccc12. The van der Waals surface area contributed by atoms with Crippen LogP contribution in [-0.2, 0) is 20.9 Å². The number of para-hydroxylation sites is 1. The highest BCUT2D eigenvalue weighted by molar-refractivity contribution is 5.88. The Balaban J connectivity index is 1.49. The zero-order chi connectivity index (χ0) is 17.4. The monoisotopic (exact) mass is 341 g/mol. The van der Waals surface area contributed by atoms with Gasteiger partial charge in [0.25, 0.3) is 0 Å². The summed E-state index contributed by atoms with van der Waals surface area (Å²) in [6, 6.07) is 7.84. The summed E-state index contributed by atoms with van der Waals surface area (Å²) in [5.41, 5.74) is 1.29. The minimum absolute atomic E-state index is 0.104. The number of ether oxygens (including phenoxy) is 1. The van der Waals surface area contributed by atoms with Gasteiger partial charge in [-0.15, -0.1) is 0 Å². The fraction of sp³-hybridized carbons (Fsp3) is 0.500. The quantitative estimate of drug-likeness (QED) is 0.866. The first kappa shape index (κ1) is 16.2. The van der Waals surface area contributed by atoms with Crippen LogP contribution in [0.2, 0.25) is 0 Å². The van der Waals surface area contributed by atoms with E-state index in [-0.39, 0.29) is 24.2 Å². The number of carbonyl (C=O) groups excluding carboxylic acids is 2. The minimum Gasteiger partial charge on any atom is -0.459 e. The summed E-state index contributed by atoms with van der Waals surface area (Å²) in [4.78, 5) is 24.6. The zero-order valence-corrected chi connectivity index (χ0v) is 14.5. The molecule has 0 bridgehead atoms. The molecule has 1 aromatic carbocycles. The largest absolute Gasteiger partial charge is 0.459 e. The molecule has 1 aliphatic heterocycles. The predicted molar refractivity (Wildman–Crippen MR) is 92.8 cm³/mol. The molecule has 2 fully saturated rings. The molecule has 1 N–H and O–H groups in total. The second-order valence-corrected chi connectivity index (χ2v) is 7.22. The lowest BCUT2D eigenvalue weighted by molar-refractivity contribution is -0.153. The number of carbonyl (C=O) groups is 2. The first-order valence-electron chi connectivity index (χ1n) is 9.06. The van der Waals surface area contributed by atoms with E-state index in [9.17, 15) is 9.59 Å². The van der Waals surface area contributed by atoms with Gasteiger partial charge in [0.05, 0.1) is 18.9 Å². The van der Waals surface area contributed by atoms with Crippen LogP contribution in [0.1, 0.15) is 49.8 Å². The van der Waals surface area contributed by atoms with Gasteiger partial charge in [-0.3, -0.25) is 9.59 Å². The summed E-state index contributed by atoms with van der Waals surface area (Å²) in [7, 11) is 0. The van der Waals surface area contributed by atoms with E-state index in [0.29, 0.717) is 6.54 Å². The van der Waals surface area contributed by atoms with Gasteiger partial charge in [0.15, 0.2) is 0 Å². The number of esters is 1. The Hall–Kier alpha value is -2.30. The van der Waals surface area contributed by atoms with E-state index in [2.05, 4.69) is 5.32 Å². The summed E-state index contributed by atoms with van der Waals surface area (Å²) >= 11 is 0. The van der Waals surface area contributed by atoms with E-state index in [1.165, 1.54) is 0 Å². The normalized spacial score (nSPS) is 22.3. The van der Waals surface area contributed by atoms with Gasteiger partial charge in [-0.05, 0) is 38.7 Å². The van der Waals surface area contributed by atoms with Gasteiger partial charge in [0, 0.05) is 10.9 Å². The Morgan fingerprint density at radius 2 is 2.00 bits per heavy atom. The number of benzene rings is 1. The van der Waals surface area contributed by atoms with Crippen molar-refractivity contribution < 1.29 is 18.7 Å². The number of fused-ring (bicyclic) bond motifs is 1. The van der Waals surface area contributed by atoms with Crippen LogP contribution in [0.3, 0.4) is 0 Å². The van der Waals surface area contributed by atoms with Crippen molar-refractivity contribution >= 4 is 22.8 Å². The van der Waals surface area contributed by atoms with Crippen molar-refractivity contribution in [1.82, 2.24) is 5.32 Å². The van der Waals surface area contributed by atoms with Crippen LogP contribution < -0.4 is 5.32 Å².